The molecule has 0 amide bonds. The second-order valence-electron chi connectivity index (χ2n) is 3.99. The van der Waals surface area contributed by atoms with Gasteiger partial charge < -0.3 is 10.2 Å². The van der Waals surface area contributed by atoms with Crippen LogP contribution in [-0.2, 0) is 13.0 Å². The Morgan fingerprint density at radius 2 is 1.73 bits per heavy atom. The molecule has 15 heavy (non-hydrogen) atoms. The number of likely N-dealkylation sites (N-methyl/N-ethyl adjacent to an activating group) is 1. The van der Waals surface area contributed by atoms with Crippen LogP contribution in [0.1, 0.15) is 18.1 Å². The zero-order chi connectivity index (χ0) is 11.1. The first-order chi connectivity index (χ1) is 7.26. The summed E-state index contributed by atoms with van der Waals surface area (Å²) >= 11 is 0. The Kier molecular flexibility index (Phi) is 5.37. The van der Waals surface area contributed by atoms with E-state index in [2.05, 4.69) is 48.5 Å². The van der Waals surface area contributed by atoms with Gasteiger partial charge >= 0.3 is 0 Å². The standard InChI is InChI=1S/C13H22N2/c1-4-15(3)10-9-12-5-7-13(8-6-12)11-14-2/h5-8,14H,4,9-11H2,1-3H3. The van der Waals surface area contributed by atoms with Gasteiger partial charge in [0.2, 0.25) is 0 Å². The molecular weight excluding hydrogens is 184 g/mol. The summed E-state index contributed by atoms with van der Waals surface area (Å²) in [6.45, 7) is 5.41. The molecule has 0 aliphatic carbocycles. The highest BCUT2D eigenvalue weighted by Gasteiger charge is 1.97. The molecule has 0 spiro atoms. The summed E-state index contributed by atoms with van der Waals surface area (Å²) in [6.07, 6.45) is 1.14. The Bertz CT molecular complexity index is 266. The van der Waals surface area contributed by atoms with Crippen LogP contribution in [0.15, 0.2) is 24.3 Å². The highest BCUT2D eigenvalue weighted by atomic mass is 15.1. The SMILES string of the molecule is CCN(C)CCc1ccc(CNC)cc1. The molecule has 0 unspecified atom stereocenters. The van der Waals surface area contributed by atoms with Gasteiger partial charge in [-0.05, 0) is 38.2 Å². The van der Waals surface area contributed by atoms with E-state index in [0.717, 1.165) is 26.1 Å². The Balaban J connectivity index is 2.42. The lowest BCUT2D eigenvalue weighted by molar-refractivity contribution is 0.357. The molecule has 0 aliphatic heterocycles. The molecule has 0 bridgehead atoms. The summed E-state index contributed by atoms with van der Waals surface area (Å²) in [5.74, 6) is 0. The van der Waals surface area contributed by atoms with Gasteiger partial charge in [0.1, 0.15) is 0 Å². The van der Waals surface area contributed by atoms with Crippen molar-refractivity contribution >= 4 is 0 Å². The van der Waals surface area contributed by atoms with E-state index in [9.17, 15) is 0 Å². The van der Waals surface area contributed by atoms with Gasteiger partial charge in [-0.2, -0.15) is 0 Å². The van der Waals surface area contributed by atoms with Crippen molar-refractivity contribution in [3.8, 4) is 0 Å². The second kappa shape index (κ2) is 6.59. The molecule has 1 aromatic carbocycles. The molecule has 84 valence electrons. The van der Waals surface area contributed by atoms with Crippen molar-refractivity contribution in [3.63, 3.8) is 0 Å². The molecule has 0 aromatic heterocycles. The fraction of sp³-hybridized carbons (Fsp3) is 0.538. The molecule has 0 saturated carbocycles. The van der Waals surface area contributed by atoms with Crippen LogP contribution in [0, 0.1) is 0 Å². The zero-order valence-corrected chi connectivity index (χ0v) is 10.1. The molecule has 0 heterocycles. The van der Waals surface area contributed by atoms with E-state index in [1.807, 2.05) is 7.05 Å². The van der Waals surface area contributed by atoms with Gasteiger partial charge in [0.15, 0.2) is 0 Å². The quantitative estimate of drug-likeness (QED) is 0.765. The number of rotatable bonds is 6. The maximum Gasteiger partial charge on any atom is 0.0202 e. The van der Waals surface area contributed by atoms with Crippen molar-refractivity contribution in [2.45, 2.75) is 19.9 Å². The summed E-state index contributed by atoms with van der Waals surface area (Å²) in [7, 11) is 4.14. The van der Waals surface area contributed by atoms with Gasteiger partial charge in [-0.25, -0.2) is 0 Å². The van der Waals surface area contributed by atoms with Crippen molar-refractivity contribution < 1.29 is 0 Å². The van der Waals surface area contributed by atoms with Crippen molar-refractivity contribution in [2.75, 3.05) is 27.2 Å². The van der Waals surface area contributed by atoms with Crippen LogP contribution in [0.2, 0.25) is 0 Å². The number of nitrogens with zero attached hydrogens (tertiary/aromatic N) is 1. The van der Waals surface area contributed by atoms with Gasteiger partial charge in [0, 0.05) is 13.1 Å². The Labute approximate surface area is 93.3 Å². The normalized spacial score (nSPS) is 10.9. The molecule has 0 fully saturated rings. The third-order valence-corrected chi connectivity index (χ3v) is 2.73. The van der Waals surface area contributed by atoms with E-state index < -0.39 is 0 Å². The van der Waals surface area contributed by atoms with Gasteiger partial charge in [-0.15, -0.1) is 0 Å². The fourth-order valence-electron chi connectivity index (χ4n) is 1.51. The Hall–Kier alpha value is -0.860. The molecule has 0 saturated heterocycles. The maximum atomic E-state index is 3.15. The van der Waals surface area contributed by atoms with Crippen LogP contribution in [0.5, 0.6) is 0 Å². The minimum atomic E-state index is 0.954. The molecule has 1 N–H and O–H groups in total. The molecule has 0 atom stereocenters. The molecule has 0 radical (unpaired) electrons. The van der Waals surface area contributed by atoms with Crippen molar-refractivity contribution in [1.82, 2.24) is 10.2 Å². The van der Waals surface area contributed by atoms with Gasteiger partial charge in [-0.1, -0.05) is 31.2 Å². The first-order valence-electron chi connectivity index (χ1n) is 5.67. The van der Waals surface area contributed by atoms with Crippen molar-refractivity contribution in [3.05, 3.63) is 35.4 Å². The van der Waals surface area contributed by atoms with Crippen LogP contribution in [-0.4, -0.2) is 32.1 Å². The predicted octanol–water partition coefficient (Wildman–Crippen LogP) is 1.90. The largest absolute Gasteiger partial charge is 0.316 e. The average molecular weight is 206 g/mol. The van der Waals surface area contributed by atoms with Gasteiger partial charge in [0.05, 0.1) is 0 Å². The van der Waals surface area contributed by atoms with Crippen molar-refractivity contribution in [1.29, 1.82) is 0 Å². The second-order valence-corrected chi connectivity index (χ2v) is 3.99. The molecule has 2 heteroatoms. The lowest BCUT2D eigenvalue weighted by atomic mass is 10.1. The molecule has 1 rings (SSSR count). The van der Waals surface area contributed by atoms with Crippen LogP contribution in [0.25, 0.3) is 0 Å². The summed E-state index contributed by atoms with van der Waals surface area (Å²) < 4.78 is 0. The summed E-state index contributed by atoms with van der Waals surface area (Å²) in [5, 5.41) is 3.15. The van der Waals surface area contributed by atoms with E-state index >= 15 is 0 Å². The average Bonchev–Trinajstić information content (AvgIpc) is 2.28. The monoisotopic (exact) mass is 206 g/mol. The summed E-state index contributed by atoms with van der Waals surface area (Å²) in [6, 6.07) is 8.88. The third-order valence-electron chi connectivity index (χ3n) is 2.73. The van der Waals surface area contributed by atoms with E-state index in [0.29, 0.717) is 0 Å². The summed E-state index contributed by atoms with van der Waals surface area (Å²) in [5.41, 5.74) is 2.78. The number of nitrogens with one attached hydrogen (secondary N) is 1. The zero-order valence-electron chi connectivity index (χ0n) is 10.1. The molecule has 2 nitrogen and oxygen atoms in total. The topological polar surface area (TPSA) is 15.3 Å². The smallest absolute Gasteiger partial charge is 0.0202 e. The van der Waals surface area contributed by atoms with Gasteiger partial charge in [0.25, 0.3) is 0 Å². The minimum absolute atomic E-state index is 0.954. The first-order valence-corrected chi connectivity index (χ1v) is 5.67. The first kappa shape index (κ1) is 12.2. The van der Waals surface area contributed by atoms with Crippen molar-refractivity contribution in [2.24, 2.45) is 0 Å². The highest BCUT2D eigenvalue weighted by molar-refractivity contribution is 5.22. The number of hydrogen-bond acceptors (Lipinski definition) is 2. The lowest BCUT2D eigenvalue weighted by Crippen LogP contribution is -2.20. The van der Waals surface area contributed by atoms with Crippen LogP contribution < -0.4 is 5.32 Å². The van der Waals surface area contributed by atoms with E-state index in [4.69, 9.17) is 0 Å². The van der Waals surface area contributed by atoms with E-state index in [-0.39, 0.29) is 0 Å². The molecule has 0 aliphatic rings. The molecule has 1 aromatic rings. The van der Waals surface area contributed by atoms with E-state index in [1.165, 1.54) is 11.1 Å². The van der Waals surface area contributed by atoms with Gasteiger partial charge in [-0.3, -0.25) is 0 Å². The van der Waals surface area contributed by atoms with Crippen LogP contribution in [0.4, 0.5) is 0 Å². The predicted molar refractivity (Wildman–Crippen MR) is 66.1 cm³/mol. The number of hydrogen-bond donors (Lipinski definition) is 1. The molecular formula is C13H22N2. The lowest BCUT2D eigenvalue weighted by Gasteiger charge is -2.13. The Morgan fingerprint density at radius 1 is 1.13 bits per heavy atom. The fourth-order valence-corrected chi connectivity index (χ4v) is 1.51. The number of benzene rings is 1. The Morgan fingerprint density at radius 3 is 2.27 bits per heavy atom. The summed E-state index contributed by atoms with van der Waals surface area (Å²) in [4.78, 5) is 2.33. The third kappa shape index (κ3) is 4.45. The highest BCUT2D eigenvalue weighted by Crippen LogP contribution is 2.05. The minimum Gasteiger partial charge on any atom is -0.316 e. The van der Waals surface area contributed by atoms with E-state index in [1.54, 1.807) is 0 Å². The maximum absolute atomic E-state index is 3.15. The van der Waals surface area contributed by atoms with Crippen LogP contribution in [0.3, 0.4) is 0 Å². The van der Waals surface area contributed by atoms with Crippen LogP contribution >= 0.6 is 0 Å².